The van der Waals surface area contributed by atoms with Gasteiger partial charge in [-0.1, -0.05) is 16.8 Å². The molecule has 0 aromatic carbocycles. The topological polar surface area (TPSA) is 48.0 Å². The standard InChI is InChI=1S/C11H11ClN2O2/c1-7-10(8(2)16-13-7)6-14-5-9(12)3-4-11(14)15/h3-5H,6H2,1-2H3. The Morgan fingerprint density at radius 3 is 2.81 bits per heavy atom. The van der Waals surface area contributed by atoms with Crippen LogP contribution in [-0.4, -0.2) is 9.72 Å². The van der Waals surface area contributed by atoms with Gasteiger partial charge in [0.2, 0.25) is 0 Å². The molecule has 5 heteroatoms. The molecule has 0 bridgehead atoms. The second kappa shape index (κ2) is 4.14. The summed E-state index contributed by atoms with van der Waals surface area (Å²) in [4.78, 5) is 11.6. The Kier molecular flexibility index (Phi) is 2.83. The average molecular weight is 239 g/mol. The first-order valence-electron chi connectivity index (χ1n) is 4.85. The molecule has 2 aromatic heterocycles. The molecule has 0 radical (unpaired) electrons. The molecule has 0 atom stereocenters. The maximum atomic E-state index is 11.6. The van der Waals surface area contributed by atoms with Crippen LogP contribution in [0.4, 0.5) is 0 Å². The van der Waals surface area contributed by atoms with Crippen molar-refractivity contribution in [1.29, 1.82) is 0 Å². The number of halogens is 1. The molecule has 0 aliphatic heterocycles. The van der Waals surface area contributed by atoms with Gasteiger partial charge in [-0.25, -0.2) is 0 Å². The van der Waals surface area contributed by atoms with Gasteiger partial charge in [-0.3, -0.25) is 4.79 Å². The average Bonchev–Trinajstić information content (AvgIpc) is 2.55. The summed E-state index contributed by atoms with van der Waals surface area (Å²) < 4.78 is 6.58. The van der Waals surface area contributed by atoms with E-state index in [1.54, 1.807) is 12.3 Å². The van der Waals surface area contributed by atoms with E-state index in [1.165, 1.54) is 10.6 Å². The van der Waals surface area contributed by atoms with Gasteiger partial charge in [-0.2, -0.15) is 0 Å². The highest BCUT2D eigenvalue weighted by molar-refractivity contribution is 6.30. The van der Waals surface area contributed by atoms with E-state index < -0.39 is 0 Å². The zero-order valence-electron chi connectivity index (χ0n) is 9.03. The van der Waals surface area contributed by atoms with E-state index in [4.69, 9.17) is 16.1 Å². The zero-order chi connectivity index (χ0) is 11.7. The Hall–Kier alpha value is -1.55. The molecule has 0 spiro atoms. The van der Waals surface area contributed by atoms with Crippen LogP contribution < -0.4 is 5.56 Å². The summed E-state index contributed by atoms with van der Waals surface area (Å²) in [5.41, 5.74) is 1.62. The molecule has 0 N–H and O–H groups in total. The number of aryl methyl sites for hydroxylation is 2. The molecule has 0 aliphatic rings. The number of hydrogen-bond donors (Lipinski definition) is 0. The Bertz CT molecular complexity index is 552. The van der Waals surface area contributed by atoms with Crippen molar-refractivity contribution in [1.82, 2.24) is 9.72 Å². The number of rotatable bonds is 2. The number of pyridine rings is 1. The predicted molar refractivity (Wildman–Crippen MR) is 60.8 cm³/mol. The minimum absolute atomic E-state index is 0.0931. The fraction of sp³-hybridized carbons (Fsp3) is 0.273. The maximum absolute atomic E-state index is 11.6. The minimum Gasteiger partial charge on any atom is -0.361 e. The zero-order valence-corrected chi connectivity index (χ0v) is 9.78. The molecular formula is C11H11ClN2O2. The van der Waals surface area contributed by atoms with Crippen molar-refractivity contribution in [2.24, 2.45) is 0 Å². The molecule has 2 rings (SSSR count). The molecule has 0 unspecified atom stereocenters. The lowest BCUT2D eigenvalue weighted by Gasteiger charge is -2.04. The second-order valence-electron chi connectivity index (χ2n) is 3.62. The molecule has 4 nitrogen and oxygen atoms in total. The highest BCUT2D eigenvalue weighted by Crippen LogP contribution is 2.13. The number of hydrogen-bond acceptors (Lipinski definition) is 3. The van der Waals surface area contributed by atoms with Gasteiger partial charge in [0.15, 0.2) is 0 Å². The van der Waals surface area contributed by atoms with Crippen LogP contribution in [0.15, 0.2) is 27.6 Å². The van der Waals surface area contributed by atoms with E-state index in [9.17, 15) is 4.79 Å². The van der Waals surface area contributed by atoms with E-state index >= 15 is 0 Å². The fourth-order valence-electron chi connectivity index (χ4n) is 1.52. The van der Waals surface area contributed by atoms with Gasteiger partial charge >= 0.3 is 0 Å². The second-order valence-corrected chi connectivity index (χ2v) is 4.05. The monoisotopic (exact) mass is 238 g/mol. The molecular weight excluding hydrogens is 228 g/mol. The van der Waals surface area contributed by atoms with Gasteiger partial charge in [0.25, 0.3) is 5.56 Å². The van der Waals surface area contributed by atoms with Crippen LogP contribution in [0.3, 0.4) is 0 Å². The molecule has 2 heterocycles. The summed E-state index contributed by atoms with van der Waals surface area (Å²) in [6.45, 7) is 4.10. The lowest BCUT2D eigenvalue weighted by molar-refractivity contribution is 0.392. The third-order valence-corrected chi connectivity index (χ3v) is 2.68. The Labute approximate surface area is 97.4 Å². The van der Waals surface area contributed by atoms with E-state index in [0.29, 0.717) is 11.6 Å². The molecule has 2 aromatic rings. The first kappa shape index (κ1) is 11.0. The largest absolute Gasteiger partial charge is 0.361 e. The van der Waals surface area contributed by atoms with Crippen LogP contribution in [0.1, 0.15) is 17.0 Å². The highest BCUT2D eigenvalue weighted by atomic mass is 35.5. The van der Waals surface area contributed by atoms with Gasteiger partial charge in [0.05, 0.1) is 17.3 Å². The number of nitrogens with zero attached hydrogens (tertiary/aromatic N) is 2. The summed E-state index contributed by atoms with van der Waals surface area (Å²) in [5.74, 6) is 0.726. The first-order chi connectivity index (χ1) is 7.58. The van der Waals surface area contributed by atoms with Crippen LogP contribution in [0.2, 0.25) is 5.02 Å². The summed E-state index contributed by atoms with van der Waals surface area (Å²) in [6, 6.07) is 3.02. The highest BCUT2D eigenvalue weighted by Gasteiger charge is 2.10. The van der Waals surface area contributed by atoms with Crippen molar-refractivity contribution in [3.63, 3.8) is 0 Å². The first-order valence-corrected chi connectivity index (χ1v) is 5.23. The molecule has 0 fully saturated rings. The Morgan fingerprint density at radius 2 is 2.19 bits per heavy atom. The molecule has 0 amide bonds. The van der Waals surface area contributed by atoms with Gasteiger partial charge in [-0.15, -0.1) is 0 Å². The summed E-state index contributed by atoms with van der Waals surface area (Å²) >= 11 is 5.84. The third kappa shape index (κ3) is 2.02. The van der Waals surface area contributed by atoms with E-state index in [0.717, 1.165) is 17.0 Å². The Morgan fingerprint density at radius 1 is 1.44 bits per heavy atom. The van der Waals surface area contributed by atoms with Crippen LogP contribution in [0.25, 0.3) is 0 Å². The molecule has 84 valence electrons. The lowest BCUT2D eigenvalue weighted by atomic mass is 10.2. The fourth-order valence-corrected chi connectivity index (χ4v) is 1.70. The van der Waals surface area contributed by atoms with Crippen LogP contribution in [0, 0.1) is 13.8 Å². The van der Waals surface area contributed by atoms with Gasteiger partial charge in [-0.05, 0) is 19.9 Å². The van der Waals surface area contributed by atoms with Crippen molar-refractivity contribution in [2.75, 3.05) is 0 Å². The van der Waals surface area contributed by atoms with Gasteiger partial charge in [0.1, 0.15) is 5.76 Å². The summed E-state index contributed by atoms with van der Waals surface area (Å²) in [7, 11) is 0. The SMILES string of the molecule is Cc1noc(C)c1Cn1cc(Cl)ccc1=O. The molecule has 0 aliphatic carbocycles. The van der Waals surface area contributed by atoms with E-state index in [-0.39, 0.29) is 5.56 Å². The number of aromatic nitrogens is 2. The van der Waals surface area contributed by atoms with Crippen LogP contribution >= 0.6 is 11.6 Å². The Balaban J connectivity index is 2.41. The maximum Gasteiger partial charge on any atom is 0.250 e. The molecule has 0 saturated heterocycles. The third-order valence-electron chi connectivity index (χ3n) is 2.46. The van der Waals surface area contributed by atoms with Gasteiger partial charge in [0, 0.05) is 17.8 Å². The van der Waals surface area contributed by atoms with Crippen molar-refractivity contribution >= 4 is 11.6 Å². The lowest BCUT2D eigenvalue weighted by Crippen LogP contribution is -2.19. The normalized spacial score (nSPS) is 10.7. The predicted octanol–water partition coefficient (Wildman–Crippen LogP) is 2.15. The van der Waals surface area contributed by atoms with Crippen molar-refractivity contribution in [3.8, 4) is 0 Å². The van der Waals surface area contributed by atoms with E-state index in [2.05, 4.69) is 5.16 Å². The van der Waals surface area contributed by atoms with Gasteiger partial charge < -0.3 is 9.09 Å². The summed E-state index contributed by atoms with van der Waals surface area (Å²) in [6.07, 6.45) is 1.61. The van der Waals surface area contributed by atoms with Crippen molar-refractivity contribution in [3.05, 3.63) is 50.7 Å². The van der Waals surface area contributed by atoms with Crippen LogP contribution in [-0.2, 0) is 6.54 Å². The van der Waals surface area contributed by atoms with Crippen molar-refractivity contribution in [2.45, 2.75) is 20.4 Å². The van der Waals surface area contributed by atoms with E-state index in [1.807, 2.05) is 13.8 Å². The smallest absolute Gasteiger partial charge is 0.250 e. The molecule has 16 heavy (non-hydrogen) atoms. The quantitative estimate of drug-likeness (QED) is 0.806. The minimum atomic E-state index is -0.0931. The van der Waals surface area contributed by atoms with Crippen LogP contribution in [0.5, 0.6) is 0 Å². The van der Waals surface area contributed by atoms with Crippen molar-refractivity contribution < 1.29 is 4.52 Å². The molecule has 0 saturated carbocycles. The summed E-state index contributed by atoms with van der Waals surface area (Å²) in [5, 5.41) is 4.37.